The van der Waals surface area contributed by atoms with Crippen molar-refractivity contribution in [3.63, 3.8) is 0 Å². The van der Waals surface area contributed by atoms with Crippen molar-refractivity contribution in [2.45, 2.75) is 19.1 Å². The maximum atomic E-state index is 13.1. The Kier molecular flexibility index (Phi) is 4.21. The van der Waals surface area contributed by atoms with Crippen LogP contribution in [0.4, 0.5) is 18.0 Å². The molecule has 2 N–H and O–H groups in total. The molecule has 0 aromatic carbocycles. The zero-order valence-electron chi connectivity index (χ0n) is 10.8. The minimum absolute atomic E-state index is 0.0709. The van der Waals surface area contributed by atoms with E-state index in [9.17, 15) is 22.8 Å². The van der Waals surface area contributed by atoms with Gasteiger partial charge in [-0.3, -0.25) is 0 Å². The molecular weight excluding hydrogens is 309 g/mol. The minimum Gasteiger partial charge on any atom is -0.463 e. The lowest BCUT2D eigenvalue weighted by Gasteiger charge is -2.29. The van der Waals surface area contributed by atoms with E-state index < -0.39 is 35.5 Å². The Hall–Kier alpha value is -2.03. The van der Waals surface area contributed by atoms with Gasteiger partial charge in [0.1, 0.15) is 5.70 Å². The normalized spacial score (nSPS) is 19.0. The third-order valence-electron chi connectivity index (χ3n) is 2.68. The van der Waals surface area contributed by atoms with Crippen LogP contribution in [-0.4, -0.2) is 24.8 Å². The fraction of sp³-hybridized carbons (Fsp3) is 0.333. The fourth-order valence-corrected chi connectivity index (χ4v) is 2.67. The molecule has 0 saturated heterocycles. The molecular formula is C12H11F3N2O3S. The van der Waals surface area contributed by atoms with Crippen LogP contribution >= 0.6 is 11.3 Å². The second kappa shape index (κ2) is 5.76. The molecule has 0 bridgehead atoms. The monoisotopic (exact) mass is 320 g/mol. The number of nitrogens with one attached hydrogen (secondary N) is 2. The first-order valence-corrected chi connectivity index (χ1v) is 6.82. The first kappa shape index (κ1) is 15.4. The van der Waals surface area contributed by atoms with E-state index in [0.717, 1.165) is 11.3 Å². The summed E-state index contributed by atoms with van der Waals surface area (Å²) in [5.74, 6) is -1.12. The second-order valence-corrected chi connectivity index (χ2v) is 5.03. The van der Waals surface area contributed by atoms with E-state index in [2.05, 4.69) is 10.1 Å². The summed E-state index contributed by atoms with van der Waals surface area (Å²) >= 11 is 1.13. The molecule has 5 nitrogen and oxygen atoms in total. The van der Waals surface area contributed by atoms with Crippen molar-refractivity contribution < 1.29 is 27.5 Å². The zero-order chi connectivity index (χ0) is 15.6. The summed E-state index contributed by atoms with van der Waals surface area (Å²) in [5.41, 5.74) is -2.03. The highest BCUT2D eigenvalue weighted by molar-refractivity contribution is 7.10. The lowest BCUT2D eigenvalue weighted by Crippen LogP contribution is -2.49. The van der Waals surface area contributed by atoms with E-state index in [-0.39, 0.29) is 6.61 Å². The van der Waals surface area contributed by atoms with Crippen molar-refractivity contribution in [2.24, 2.45) is 0 Å². The SMILES string of the molecule is CCOC(=O)C1=C(C(F)(F)F)NC(=O)NC1c1cccs1. The molecule has 1 aromatic rings. The number of thiophene rings is 1. The summed E-state index contributed by atoms with van der Waals surface area (Å²) in [6, 6.07) is 0.946. The first-order valence-electron chi connectivity index (χ1n) is 5.94. The van der Waals surface area contributed by atoms with Crippen LogP contribution in [0.2, 0.25) is 0 Å². The first-order chi connectivity index (χ1) is 9.84. The van der Waals surface area contributed by atoms with Gasteiger partial charge in [-0.2, -0.15) is 13.2 Å². The topological polar surface area (TPSA) is 67.4 Å². The zero-order valence-corrected chi connectivity index (χ0v) is 11.6. The van der Waals surface area contributed by atoms with Gasteiger partial charge in [0.2, 0.25) is 0 Å². The number of hydrogen-bond acceptors (Lipinski definition) is 4. The van der Waals surface area contributed by atoms with Crippen molar-refractivity contribution in [1.29, 1.82) is 0 Å². The average molecular weight is 320 g/mol. The summed E-state index contributed by atoms with van der Waals surface area (Å²) < 4.78 is 43.9. The molecule has 0 saturated carbocycles. The summed E-state index contributed by atoms with van der Waals surface area (Å²) in [6.45, 7) is 1.42. The van der Waals surface area contributed by atoms with Crippen LogP contribution in [0.3, 0.4) is 0 Å². The molecule has 0 radical (unpaired) electrons. The lowest BCUT2D eigenvalue weighted by atomic mass is 10.0. The Morgan fingerprint density at radius 2 is 2.19 bits per heavy atom. The van der Waals surface area contributed by atoms with E-state index in [4.69, 9.17) is 0 Å². The van der Waals surface area contributed by atoms with E-state index in [1.54, 1.807) is 16.8 Å². The van der Waals surface area contributed by atoms with Gasteiger partial charge in [-0.15, -0.1) is 11.3 Å². The highest BCUT2D eigenvalue weighted by atomic mass is 32.1. The van der Waals surface area contributed by atoms with E-state index in [0.29, 0.717) is 4.88 Å². The van der Waals surface area contributed by atoms with E-state index >= 15 is 0 Å². The summed E-state index contributed by atoms with van der Waals surface area (Å²) in [5, 5.41) is 5.60. The third kappa shape index (κ3) is 3.18. The predicted octanol–water partition coefficient (Wildman–Crippen LogP) is 2.48. The quantitative estimate of drug-likeness (QED) is 0.841. The Morgan fingerprint density at radius 3 is 2.71 bits per heavy atom. The van der Waals surface area contributed by atoms with Crippen LogP contribution in [0.5, 0.6) is 0 Å². The van der Waals surface area contributed by atoms with Crippen LogP contribution < -0.4 is 10.6 Å². The predicted molar refractivity (Wildman–Crippen MR) is 68.4 cm³/mol. The molecule has 2 amide bonds. The Labute approximate surface area is 121 Å². The number of urea groups is 1. The molecule has 114 valence electrons. The standard InChI is InChI=1S/C12H11F3N2O3S/c1-2-20-10(18)7-8(6-4-3-5-21-6)16-11(19)17-9(7)12(13,14)15/h3-5,8H,2H2,1H3,(H2,16,17,19). The fourth-order valence-electron chi connectivity index (χ4n) is 1.89. The van der Waals surface area contributed by atoms with Gasteiger partial charge in [-0.25, -0.2) is 9.59 Å². The number of allylic oxidation sites excluding steroid dienone is 1. The van der Waals surface area contributed by atoms with Crippen LogP contribution in [0.15, 0.2) is 28.8 Å². The molecule has 2 rings (SSSR count). The number of ether oxygens (including phenoxy) is 1. The number of halogens is 3. The maximum absolute atomic E-state index is 13.1. The minimum atomic E-state index is -4.87. The number of rotatable bonds is 3. The summed E-state index contributed by atoms with van der Waals surface area (Å²) in [6.07, 6.45) is -4.87. The van der Waals surface area contributed by atoms with Gasteiger partial charge >= 0.3 is 18.2 Å². The molecule has 1 aliphatic heterocycles. The van der Waals surface area contributed by atoms with Crippen molar-refractivity contribution in [1.82, 2.24) is 10.6 Å². The molecule has 0 aliphatic carbocycles. The molecule has 1 atom stereocenters. The molecule has 0 fully saturated rings. The Bertz CT molecular complexity index is 581. The summed E-state index contributed by atoms with van der Waals surface area (Å²) in [7, 11) is 0. The van der Waals surface area contributed by atoms with Crippen LogP contribution in [-0.2, 0) is 9.53 Å². The van der Waals surface area contributed by atoms with Crippen LogP contribution in [0.1, 0.15) is 17.8 Å². The molecule has 21 heavy (non-hydrogen) atoms. The van der Waals surface area contributed by atoms with Crippen LogP contribution in [0, 0.1) is 0 Å². The van der Waals surface area contributed by atoms with Gasteiger partial charge in [-0.1, -0.05) is 6.07 Å². The van der Waals surface area contributed by atoms with Crippen LogP contribution in [0.25, 0.3) is 0 Å². The Balaban J connectivity index is 2.56. The van der Waals surface area contributed by atoms with Gasteiger partial charge in [0.25, 0.3) is 0 Å². The van der Waals surface area contributed by atoms with Gasteiger partial charge in [0.05, 0.1) is 18.2 Å². The molecule has 1 unspecified atom stereocenters. The van der Waals surface area contributed by atoms with Gasteiger partial charge < -0.3 is 15.4 Å². The molecule has 1 aromatic heterocycles. The Morgan fingerprint density at radius 1 is 1.48 bits per heavy atom. The van der Waals surface area contributed by atoms with E-state index in [1.165, 1.54) is 13.0 Å². The molecule has 1 aliphatic rings. The number of amides is 2. The number of alkyl halides is 3. The molecule has 9 heteroatoms. The highest BCUT2D eigenvalue weighted by Gasteiger charge is 2.46. The van der Waals surface area contributed by atoms with Gasteiger partial charge in [-0.05, 0) is 18.4 Å². The largest absolute Gasteiger partial charge is 0.463 e. The van der Waals surface area contributed by atoms with Crippen molar-refractivity contribution in [2.75, 3.05) is 6.61 Å². The maximum Gasteiger partial charge on any atom is 0.432 e. The third-order valence-corrected chi connectivity index (χ3v) is 3.62. The number of carbonyl (C=O) groups excluding carboxylic acids is 2. The lowest BCUT2D eigenvalue weighted by molar-refractivity contribution is -0.140. The molecule has 2 heterocycles. The molecule has 0 spiro atoms. The van der Waals surface area contributed by atoms with Gasteiger partial charge in [0, 0.05) is 4.88 Å². The van der Waals surface area contributed by atoms with Crippen molar-refractivity contribution >= 4 is 23.3 Å². The average Bonchev–Trinajstić information content (AvgIpc) is 2.90. The van der Waals surface area contributed by atoms with Crippen molar-refractivity contribution in [3.05, 3.63) is 33.7 Å². The second-order valence-electron chi connectivity index (χ2n) is 4.05. The number of esters is 1. The van der Waals surface area contributed by atoms with E-state index in [1.807, 2.05) is 0 Å². The highest BCUT2D eigenvalue weighted by Crippen LogP contribution is 2.36. The smallest absolute Gasteiger partial charge is 0.432 e. The van der Waals surface area contributed by atoms with Crippen molar-refractivity contribution in [3.8, 4) is 0 Å². The number of carbonyl (C=O) groups is 2. The van der Waals surface area contributed by atoms with Gasteiger partial charge in [0.15, 0.2) is 0 Å². The number of hydrogen-bond donors (Lipinski definition) is 2. The summed E-state index contributed by atoms with van der Waals surface area (Å²) in [4.78, 5) is 23.8.